The van der Waals surface area contributed by atoms with Gasteiger partial charge in [0.15, 0.2) is 0 Å². The Morgan fingerprint density at radius 3 is 2.56 bits per heavy atom. The monoisotopic (exact) mass is 362 g/mol. The molecule has 0 aliphatic carbocycles. The number of carbonyl (C=O) groups is 2. The number of carbonyl (C=O) groups excluding carboxylic acids is 2. The number of halogens is 1. The summed E-state index contributed by atoms with van der Waals surface area (Å²) in [4.78, 5) is 24.2. The average Bonchev–Trinajstić information content (AvgIpc) is 2.57. The molecule has 3 N–H and O–H groups in total. The lowest BCUT2D eigenvalue weighted by Crippen LogP contribution is -2.25. The van der Waals surface area contributed by atoms with E-state index in [1.165, 1.54) is 13.0 Å². The fraction of sp³-hybridized carbons (Fsp3) is 0.222. The minimum atomic E-state index is -1.18. The Labute approximate surface area is 150 Å². The van der Waals surface area contributed by atoms with Gasteiger partial charge >= 0.3 is 0 Å². The van der Waals surface area contributed by atoms with E-state index in [0.29, 0.717) is 34.3 Å². The number of aliphatic hydroxyl groups is 1. The summed E-state index contributed by atoms with van der Waals surface area (Å²) in [6, 6.07) is 11.4. The number of benzene rings is 2. The highest BCUT2D eigenvalue weighted by Crippen LogP contribution is 2.28. The normalized spacial score (nSPS) is 11.5. The lowest BCUT2D eigenvalue weighted by atomic mass is 10.2. The van der Waals surface area contributed by atoms with E-state index < -0.39 is 12.0 Å². The van der Waals surface area contributed by atoms with Gasteiger partial charge in [-0.3, -0.25) is 9.59 Å². The van der Waals surface area contributed by atoms with Gasteiger partial charge in [-0.25, -0.2) is 0 Å². The summed E-state index contributed by atoms with van der Waals surface area (Å²) >= 11 is 5.91. The van der Waals surface area contributed by atoms with Crippen molar-refractivity contribution in [3.8, 4) is 5.75 Å². The number of rotatable bonds is 6. The van der Waals surface area contributed by atoms with Crippen LogP contribution in [0, 0.1) is 0 Å². The van der Waals surface area contributed by atoms with Gasteiger partial charge in [0.05, 0.1) is 18.0 Å². The zero-order chi connectivity index (χ0) is 18.4. The fourth-order valence-corrected chi connectivity index (χ4v) is 2.24. The first-order valence-corrected chi connectivity index (χ1v) is 8.11. The topological polar surface area (TPSA) is 87.7 Å². The van der Waals surface area contributed by atoms with Gasteiger partial charge < -0.3 is 20.5 Å². The van der Waals surface area contributed by atoms with Gasteiger partial charge in [-0.1, -0.05) is 17.7 Å². The van der Waals surface area contributed by atoms with Crippen molar-refractivity contribution < 1.29 is 19.4 Å². The van der Waals surface area contributed by atoms with E-state index in [-0.39, 0.29) is 5.91 Å². The Morgan fingerprint density at radius 2 is 1.92 bits per heavy atom. The minimum absolute atomic E-state index is 0.352. The highest BCUT2D eigenvalue weighted by molar-refractivity contribution is 6.31. The van der Waals surface area contributed by atoms with Crippen LogP contribution >= 0.6 is 11.6 Å². The van der Waals surface area contributed by atoms with E-state index >= 15 is 0 Å². The molecule has 2 aromatic rings. The van der Waals surface area contributed by atoms with E-state index in [1.54, 1.807) is 36.4 Å². The number of amides is 2. The minimum Gasteiger partial charge on any atom is -0.494 e. The molecule has 0 heterocycles. The molecule has 2 aromatic carbocycles. The number of ether oxygens (including phenoxy) is 1. The molecule has 0 saturated heterocycles. The van der Waals surface area contributed by atoms with E-state index in [0.717, 1.165) is 0 Å². The van der Waals surface area contributed by atoms with Crippen molar-refractivity contribution in [2.75, 3.05) is 17.2 Å². The standard InChI is InChI=1S/C18H19ClN2O4/c1-3-25-14-7-8-15(20-17(23)11(2)22)16(10-14)21-18(24)12-5-4-6-13(19)9-12/h4-11,22H,3H2,1-2H3,(H,20,23)(H,21,24)/t11-/m1/s1. The molecule has 0 bridgehead atoms. The second kappa shape index (κ2) is 8.50. The summed E-state index contributed by atoms with van der Waals surface area (Å²) in [7, 11) is 0. The molecule has 0 spiro atoms. The summed E-state index contributed by atoms with van der Waals surface area (Å²) in [6.45, 7) is 3.66. The number of anilines is 2. The molecule has 0 unspecified atom stereocenters. The largest absolute Gasteiger partial charge is 0.494 e. The molecule has 1 atom stereocenters. The van der Waals surface area contributed by atoms with Gasteiger partial charge in [-0.2, -0.15) is 0 Å². The molecular formula is C18H19ClN2O4. The zero-order valence-corrected chi connectivity index (χ0v) is 14.6. The summed E-state index contributed by atoms with van der Waals surface area (Å²) < 4.78 is 5.43. The fourth-order valence-electron chi connectivity index (χ4n) is 2.05. The van der Waals surface area contributed by atoms with Crippen molar-refractivity contribution in [3.05, 3.63) is 53.1 Å². The predicted molar refractivity (Wildman–Crippen MR) is 97.3 cm³/mol. The van der Waals surface area contributed by atoms with Crippen molar-refractivity contribution in [2.45, 2.75) is 20.0 Å². The molecule has 6 nitrogen and oxygen atoms in total. The third-order valence-electron chi connectivity index (χ3n) is 3.27. The summed E-state index contributed by atoms with van der Waals surface area (Å²) in [5, 5.41) is 15.1. The van der Waals surface area contributed by atoms with Gasteiger partial charge in [0, 0.05) is 16.7 Å². The van der Waals surface area contributed by atoms with Crippen molar-refractivity contribution in [2.24, 2.45) is 0 Å². The van der Waals surface area contributed by atoms with Crippen LogP contribution in [-0.4, -0.2) is 29.6 Å². The van der Waals surface area contributed by atoms with Gasteiger partial charge in [-0.05, 0) is 44.2 Å². The van der Waals surface area contributed by atoms with Crippen molar-refractivity contribution in [3.63, 3.8) is 0 Å². The SMILES string of the molecule is CCOc1ccc(NC(=O)[C@@H](C)O)c(NC(=O)c2cccc(Cl)c2)c1. The molecule has 132 valence electrons. The lowest BCUT2D eigenvalue weighted by molar-refractivity contribution is -0.123. The van der Waals surface area contributed by atoms with Crippen molar-refractivity contribution in [1.29, 1.82) is 0 Å². The Balaban J connectivity index is 2.30. The maximum atomic E-state index is 12.4. The molecule has 0 saturated carbocycles. The maximum absolute atomic E-state index is 12.4. The molecule has 0 aromatic heterocycles. The number of hydrogen-bond donors (Lipinski definition) is 3. The zero-order valence-electron chi connectivity index (χ0n) is 13.9. The maximum Gasteiger partial charge on any atom is 0.255 e. The third-order valence-corrected chi connectivity index (χ3v) is 3.51. The molecule has 2 amide bonds. The Morgan fingerprint density at radius 1 is 1.16 bits per heavy atom. The first-order chi connectivity index (χ1) is 11.9. The van der Waals surface area contributed by atoms with Crippen LogP contribution in [0.2, 0.25) is 5.02 Å². The highest BCUT2D eigenvalue weighted by Gasteiger charge is 2.15. The van der Waals surface area contributed by atoms with Crippen molar-refractivity contribution >= 4 is 34.8 Å². The van der Waals surface area contributed by atoms with E-state index in [4.69, 9.17) is 16.3 Å². The Kier molecular flexibility index (Phi) is 6.38. The van der Waals surface area contributed by atoms with Crippen LogP contribution in [0.25, 0.3) is 0 Å². The second-order valence-electron chi connectivity index (χ2n) is 5.27. The number of aliphatic hydroxyl groups excluding tert-OH is 1. The van der Waals surface area contributed by atoms with Crippen LogP contribution in [0.15, 0.2) is 42.5 Å². The molecule has 0 aliphatic heterocycles. The van der Waals surface area contributed by atoms with Gasteiger partial charge in [0.25, 0.3) is 11.8 Å². The summed E-state index contributed by atoms with van der Waals surface area (Å²) in [5.74, 6) is -0.426. The predicted octanol–water partition coefficient (Wildman–Crippen LogP) is 3.31. The summed E-state index contributed by atoms with van der Waals surface area (Å²) in [6.07, 6.45) is -1.18. The Hall–Kier alpha value is -2.57. The van der Waals surface area contributed by atoms with E-state index in [1.807, 2.05) is 6.92 Å². The summed E-state index contributed by atoms with van der Waals surface area (Å²) in [5.41, 5.74) is 1.08. The molecule has 0 fully saturated rings. The average molecular weight is 363 g/mol. The molecule has 2 rings (SSSR count). The number of nitrogens with one attached hydrogen (secondary N) is 2. The van der Waals surface area contributed by atoms with E-state index in [9.17, 15) is 14.7 Å². The van der Waals surface area contributed by atoms with Gasteiger partial charge in [0.1, 0.15) is 11.9 Å². The van der Waals surface area contributed by atoms with Gasteiger partial charge in [-0.15, -0.1) is 0 Å². The van der Waals surface area contributed by atoms with Crippen molar-refractivity contribution in [1.82, 2.24) is 0 Å². The highest BCUT2D eigenvalue weighted by atomic mass is 35.5. The first kappa shape index (κ1) is 18.8. The Bertz CT molecular complexity index is 777. The molecule has 0 radical (unpaired) electrons. The number of hydrogen-bond acceptors (Lipinski definition) is 4. The van der Waals surface area contributed by atoms with Crippen LogP contribution in [-0.2, 0) is 4.79 Å². The third kappa shape index (κ3) is 5.20. The molecule has 0 aliphatic rings. The van der Waals surface area contributed by atoms with Gasteiger partial charge in [0.2, 0.25) is 0 Å². The lowest BCUT2D eigenvalue weighted by Gasteiger charge is -2.15. The van der Waals surface area contributed by atoms with Crippen LogP contribution in [0.1, 0.15) is 24.2 Å². The van der Waals surface area contributed by atoms with E-state index in [2.05, 4.69) is 10.6 Å². The quantitative estimate of drug-likeness (QED) is 0.735. The van der Waals surface area contributed by atoms with Crippen LogP contribution in [0.3, 0.4) is 0 Å². The molecule has 7 heteroatoms. The second-order valence-corrected chi connectivity index (χ2v) is 5.71. The van der Waals surface area contributed by atoms with Crippen LogP contribution in [0.5, 0.6) is 5.75 Å². The molecule has 25 heavy (non-hydrogen) atoms. The molecular weight excluding hydrogens is 344 g/mol. The van der Waals surface area contributed by atoms with Crippen LogP contribution in [0.4, 0.5) is 11.4 Å². The van der Waals surface area contributed by atoms with Crippen LogP contribution < -0.4 is 15.4 Å². The smallest absolute Gasteiger partial charge is 0.255 e. The first-order valence-electron chi connectivity index (χ1n) is 7.73.